The molecule has 2 N–H and O–H groups in total. The summed E-state index contributed by atoms with van der Waals surface area (Å²) in [5, 5.41) is 2.96. The van der Waals surface area contributed by atoms with E-state index in [1.54, 1.807) is 36.5 Å². The maximum Gasteiger partial charge on any atom is 0.294 e. The number of aromatic amines is 1. The number of carbonyl (C=O) groups is 3. The summed E-state index contributed by atoms with van der Waals surface area (Å²) in [7, 11) is 0. The molecule has 1 saturated heterocycles. The number of imide groups is 1. The van der Waals surface area contributed by atoms with Crippen molar-refractivity contribution < 1.29 is 23.2 Å². The minimum atomic E-state index is -0.513. The van der Waals surface area contributed by atoms with Gasteiger partial charge in [-0.15, -0.1) is 0 Å². The first-order valence-corrected chi connectivity index (χ1v) is 10.3. The zero-order valence-corrected chi connectivity index (χ0v) is 17.1. The van der Waals surface area contributed by atoms with Crippen LogP contribution in [0.5, 0.6) is 0 Å². The summed E-state index contributed by atoms with van der Waals surface area (Å²) >= 11 is 0.783. The molecule has 0 saturated carbocycles. The van der Waals surface area contributed by atoms with Crippen molar-refractivity contribution in [3.8, 4) is 0 Å². The van der Waals surface area contributed by atoms with E-state index in [4.69, 9.17) is 4.42 Å². The minimum absolute atomic E-state index is 0.237. The SMILES string of the molecule is O=C(CN1C(=O)SC(=CC=Cc2ccco2)C1=O)NCCc1c[nH]c2ccc(F)cc12. The van der Waals surface area contributed by atoms with Gasteiger partial charge in [0.25, 0.3) is 11.1 Å². The molecule has 1 aliphatic heterocycles. The van der Waals surface area contributed by atoms with Gasteiger partial charge in [0, 0.05) is 23.6 Å². The number of benzene rings is 1. The summed E-state index contributed by atoms with van der Waals surface area (Å²) in [5.74, 6) is -0.668. The van der Waals surface area contributed by atoms with E-state index in [0.717, 1.165) is 33.1 Å². The Morgan fingerprint density at radius 3 is 2.97 bits per heavy atom. The smallest absolute Gasteiger partial charge is 0.294 e. The lowest BCUT2D eigenvalue weighted by Gasteiger charge is -2.12. The second-order valence-electron chi connectivity index (χ2n) is 6.77. The third-order valence-electron chi connectivity index (χ3n) is 4.67. The van der Waals surface area contributed by atoms with E-state index in [9.17, 15) is 18.8 Å². The topological polar surface area (TPSA) is 95.4 Å². The fraction of sp³-hybridized carbons (Fsp3) is 0.136. The van der Waals surface area contributed by atoms with E-state index < -0.39 is 17.1 Å². The quantitative estimate of drug-likeness (QED) is 0.545. The fourth-order valence-corrected chi connectivity index (χ4v) is 3.95. The van der Waals surface area contributed by atoms with Crippen LogP contribution in [0.15, 0.2) is 64.3 Å². The Hall–Kier alpha value is -3.59. The van der Waals surface area contributed by atoms with Gasteiger partial charge < -0.3 is 14.7 Å². The van der Waals surface area contributed by atoms with Gasteiger partial charge in [0.15, 0.2) is 0 Å². The van der Waals surface area contributed by atoms with Crippen molar-refractivity contribution in [1.29, 1.82) is 0 Å². The highest BCUT2D eigenvalue weighted by Crippen LogP contribution is 2.30. The standard InChI is InChI=1S/C22H18FN3O4S/c23-15-6-7-18-17(11-15)14(12-25-18)8-9-24-20(27)13-26-21(28)19(31-22(26)29)5-1-3-16-4-2-10-30-16/h1-7,10-12,25H,8-9,13H2,(H,24,27). The zero-order valence-electron chi connectivity index (χ0n) is 16.3. The number of carbonyl (C=O) groups excluding carboxylic acids is 3. The molecule has 0 aliphatic carbocycles. The maximum absolute atomic E-state index is 13.5. The Labute approximate surface area is 181 Å². The van der Waals surface area contributed by atoms with Crippen LogP contribution in [0.3, 0.4) is 0 Å². The monoisotopic (exact) mass is 439 g/mol. The number of fused-ring (bicyclic) bond motifs is 1. The fourth-order valence-electron chi connectivity index (χ4n) is 3.16. The molecule has 0 atom stereocenters. The summed E-state index contributed by atoms with van der Waals surface area (Å²) in [6.45, 7) is -0.0628. The normalized spacial score (nSPS) is 15.6. The molecule has 1 aliphatic rings. The lowest BCUT2D eigenvalue weighted by Crippen LogP contribution is -2.40. The van der Waals surface area contributed by atoms with Crippen molar-refractivity contribution in [2.75, 3.05) is 13.1 Å². The third kappa shape index (κ3) is 4.77. The highest BCUT2D eigenvalue weighted by molar-refractivity contribution is 8.18. The van der Waals surface area contributed by atoms with Gasteiger partial charge in [-0.3, -0.25) is 19.3 Å². The highest BCUT2D eigenvalue weighted by Gasteiger charge is 2.35. The molecule has 9 heteroatoms. The van der Waals surface area contributed by atoms with Crippen molar-refractivity contribution in [3.63, 3.8) is 0 Å². The van der Waals surface area contributed by atoms with Gasteiger partial charge >= 0.3 is 0 Å². The predicted octanol–water partition coefficient (Wildman–Crippen LogP) is 3.85. The first kappa shape index (κ1) is 20.7. The summed E-state index contributed by atoms with van der Waals surface area (Å²) < 4.78 is 18.6. The molecule has 4 rings (SSSR count). The molecular weight excluding hydrogens is 421 g/mol. The molecule has 3 aromatic rings. The predicted molar refractivity (Wildman–Crippen MR) is 115 cm³/mol. The Bertz CT molecular complexity index is 1200. The van der Waals surface area contributed by atoms with Crippen LogP contribution in [0, 0.1) is 5.82 Å². The van der Waals surface area contributed by atoms with Crippen LogP contribution in [-0.4, -0.2) is 40.0 Å². The number of furan rings is 1. The van der Waals surface area contributed by atoms with Crippen molar-refractivity contribution >= 4 is 45.8 Å². The number of allylic oxidation sites excluding steroid dienone is 2. The van der Waals surface area contributed by atoms with Crippen LogP contribution in [0.25, 0.3) is 17.0 Å². The summed E-state index contributed by atoms with van der Waals surface area (Å²) in [6, 6.07) is 7.97. The lowest BCUT2D eigenvalue weighted by molar-refractivity contribution is -0.129. The molecule has 158 valence electrons. The van der Waals surface area contributed by atoms with Gasteiger partial charge in [-0.05, 0) is 66.2 Å². The number of rotatable bonds is 7. The molecule has 31 heavy (non-hydrogen) atoms. The zero-order chi connectivity index (χ0) is 21.8. The Balaban J connectivity index is 1.30. The summed E-state index contributed by atoms with van der Waals surface area (Å²) in [5.41, 5.74) is 1.68. The maximum atomic E-state index is 13.5. The lowest BCUT2D eigenvalue weighted by atomic mass is 10.1. The first-order chi connectivity index (χ1) is 15.0. The van der Waals surface area contributed by atoms with Crippen LogP contribution in [0.4, 0.5) is 9.18 Å². The number of nitrogens with zero attached hydrogens (tertiary/aromatic N) is 1. The van der Waals surface area contributed by atoms with Crippen LogP contribution in [-0.2, 0) is 16.0 Å². The highest BCUT2D eigenvalue weighted by atomic mass is 32.2. The van der Waals surface area contributed by atoms with E-state index in [-0.39, 0.29) is 17.3 Å². The molecule has 0 radical (unpaired) electrons. The third-order valence-corrected chi connectivity index (χ3v) is 5.60. The van der Waals surface area contributed by atoms with E-state index >= 15 is 0 Å². The van der Waals surface area contributed by atoms with Gasteiger partial charge in [-0.25, -0.2) is 4.39 Å². The van der Waals surface area contributed by atoms with Crippen molar-refractivity contribution in [3.05, 3.63) is 77.0 Å². The van der Waals surface area contributed by atoms with Gasteiger partial charge in [-0.1, -0.05) is 6.08 Å². The molecular formula is C22H18FN3O4S. The number of hydrogen-bond donors (Lipinski definition) is 2. The van der Waals surface area contributed by atoms with E-state index in [0.29, 0.717) is 18.7 Å². The van der Waals surface area contributed by atoms with E-state index in [1.165, 1.54) is 24.5 Å². The molecule has 7 nitrogen and oxygen atoms in total. The first-order valence-electron chi connectivity index (χ1n) is 9.49. The van der Waals surface area contributed by atoms with Gasteiger partial charge in [0.2, 0.25) is 5.91 Å². The van der Waals surface area contributed by atoms with Crippen LogP contribution < -0.4 is 5.32 Å². The van der Waals surface area contributed by atoms with Gasteiger partial charge in [0.1, 0.15) is 18.1 Å². The second kappa shape index (κ2) is 9.05. The second-order valence-corrected chi connectivity index (χ2v) is 7.76. The molecule has 0 spiro atoms. The molecule has 3 amide bonds. The molecule has 1 aromatic carbocycles. The minimum Gasteiger partial charge on any atom is -0.465 e. The average Bonchev–Trinajstić information content (AvgIpc) is 3.46. The van der Waals surface area contributed by atoms with Crippen LogP contribution >= 0.6 is 11.8 Å². The largest absolute Gasteiger partial charge is 0.465 e. The molecule has 1 fully saturated rings. The molecule has 2 aromatic heterocycles. The molecule has 3 heterocycles. The Morgan fingerprint density at radius 2 is 2.16 bits per heavy atom. The number of hydrogen-bond acceptors (Lipinski definition) is 5. The number of nitrogens with one attached hydrogen (secondary N) is 2. The van der Waals surface area contributed by atoms with Crippen molar-refractivity contribution in [2.24, 2.45) is 0 Å². The van der Waals surface area contributed by atoms with Crippen LogP contribution in [0.1, 0.15) is 11.3 Å². The summed E-state index contributed by atoms with van der Waals surface area (Å²) in [4.78, 5) is 41.0. The number of aromatic nitrogens is 1. The Kier molecular flexibility index (Phi) is 6.03. The van der Waals surface area contributed by atoms with Crippen molar-refractivity contribution in [2.45, 2.75) is 6.42 Å². The number of amides is 3. The Morgan fingerprint density at radius 1 is 1.29 bits per heavy atom. The average molecular weight is 439 g/mol. The van der Waals surface area contributed by atoms with E-state index in [1.807, 2.05) is 0 Å². The molecule has 0 unspecified atom stereocenters. The van der Waals surface area contributed by atoms with Crippen LogP contribution in [0.2, 0.25) is 0 Å². The van der Waals surface area contributed by atoms with E-state index in [2.05, 4.69) is 10.3 Å². The number of thioether (sulfide) groups is 1. The number of halogens is 1. The van der Waals surface area contributed by atoms with Crippen molar-refractivity contribution in [1.82, 2.24) is 15.2 Å². The summed E-state index contributed by atoms with van der Waals surface area (Å²) in [6.07, 6.45) is 8.57. The number of H-pyrrole nitrogens is 1. The van der Waals surface area contributed by atoms with Gasteiger partial charge in [0.05, 0.1) is 11.2 Å². The molecule has 0 bridgehead atoms. The van der Waals surface area contributed by atoms with Gasteiger partial charge in [-0.2, -0.15) is 0 Å².